The predicted octanol–water partition coefficient (Wildman–Crippen LogP) is 6.60. The van der Waals surface area contributed by atoms with Crippen LogP contribution < -0.4 is 10.6 Å². The fraction of sp³-hybridized carbons (Fsp3) is 0.440. The third kappa shape index (κ3) is 5.60. The summed E-state index contributed by atoms with van der Waals surface area (Å²) in [6.45, 7) is 16.2. The zero-order valence-corrected chi connectivity index (χ0v) is 20.9. The lowest BCUT2D eigenvalue weighted by atomic mass is 10.1. The molecule has 0 saturated heterocycles. The summed E-state index contributed by atoms with van der Waals surface area (Å²) >= 11 is 0. The van der Waals surface area contributed by atoms with Gasteiger partial charge in [-0.15, -0.1) is 0 Å². The lowest BCUT2D eigenvalue weighted by Gasteiger charge is -2.36. The highest BCUT2D eigenvalue weighted by molar-refractivity contribution is 7.79. The van der Waals surface area contributed by atoms with Gasteiger partial charge in [0, 0.05) is 16.3 Å². The SMILES string of the molecule is CC(C)C(/C=C/CO[Si](C)(C)C(C)(C)C)P(=O)(c1ccccc1)c1ccccc1. The maximum absolute atomic E-state index is 14.6. The van der Waals surface area contributed by atoms with Gasteiger partial charge in [-0.05, 0) is 24.1 Å². The molecule has 158 valence electrons. The van der Waals surface area contributed by atoms with E-state index in [1.165, 1.54) is 0 Å². The molecular formula is C25H37O2PSi. The van der Waals surface area contributed by atoms with Crippen molar-refractivity contribution in [2.75, 3.05) is 6.61 Å². The Morgan fingerprint density at radius 2 is 1.38 bits per heavy atom. The van der Waals surface area contributed by atoms with Crippen LogP contribution in [0.4, 0.5) is 0 Å². The van der Waals surface area contributed by atoms with E-state index in [1.54, 1.807) is 0 Å². The molecule has 0 heterocycles. The first-order chi connectivity index (χ1) is 13.5. The highest BCUT2D eigenvalue weighted by atomic mass is 31.2. The Balaban J connectivity index is 2.38. The molecule has 0 spiro atoms. The molecule has 0 aromatic heterocycles. The summed E-state index contributed by atoms with van der Waals surface area (Å²) in [4.78, 5) is 0. The van der Waals surface area contributed by atoms with Crippen molar-refractivity contribution in [3.8, 4) is 0 Å². The minimum absolute atomic E-state index is 0.0738. The lowest BCUT2D eigenvalue weighted by molar-refractivity contribution is 0.327. The molecule has 2 aromatic carbocycles. The van der Waals surface area contributed by atoms with Crippen LogP contribution >= 0.6 is 7.14 Å². The monoisotopic (exact) mass is 428 g/mol. The van der Waals surface area contributed by atoms with Crippen molar-refractivity contribution >= 4 is 26.1 Å². The molecule has 0 aliphatic carbocycles. The number of rotatable bonds is 8. The maximum Gasteiger partial charge on any atom is 0.192 e. The Labute approximate surface area is 178 Å². The minimum Gasteiger partial charge on any atom is -0.413 e. The molecule has 0 amide bonds. The third-order valence-corrected chi connectivity index (χ3v) is 14.3. The molecular weight excluding hydrogens is 391 g/mol. The summed E-state index contributed by atoms with van der Waals surface area (Å²) in [7, 11) is -4.63. The van der Waals surface area contributed by atoms with E-state index in [2.05, 4.69) is 59.9 Å². The number of hydrogen-bond donors (Lipinski definition) is 0. The normalized spacial score (nSPS) is 14.5. The average molecular weight is 429 g/mol. The van der Waals surface area contributed by atoms with Crippen LogP contribution in [0.25, 0.3) is 0 Å². The van der Waals surface area contributed by atoms with Crippen LogP contribution in [-0.2, 0) is 8.99 Å². The Bertz CT molecular complexity index is 793. The number of benzene rings is 2. The van der Waals surface area contributed by atoms with Crippen molar-refractivity contribution in [3.63, 3.8) is 0 Å². The van der Waals surface area contributed by atoms with E-state index in [4.69, 9.17) is 4.43 Å². The van der Waals surface area contributed by atoms with Crippen molar-refractivity contribution in [1.82, 2.24) is 0 Å². The van der Waals surface area contributed by atoms with Gasteiger partial charge in [0.15, 0.2) is 8.32 Å². The summed E-state index contributed by atoms with van der Waals surface area (Å²) in [5, 5.41) is 2.02. The Hall–Kier alpha value is -1.41. The zero-order valence-electron chi connectivity index (χ0n) is 19.1. The second-order valence-electron chi connectivity index (χ2n) is 9.56. The summed E-state index contributed by atoms with van der Waals surface area (Å²) in [5.74, 6) is 0.241. The van der Waals surface area contributed by atoms with Crippen molar-refractivity contribution in [1.29, 1.82) is 0 Å². The van der Waals surface area contributed by atoms with Crippen LogP contribution in [-0.4, -0.2) is 20.6 Å². The standard InChI is InChI=1S/C25H37O2PSi/c1-21(2)24(19-14-20-27-29(6,7)25(3,4)5)28(26,22-15-10-8-11-16-22)23-17-12-9-13-18-23/h8-19,21,24H,20H2,1-7H3/b19-14+. The quantitative estimate of drug-likeness (QED) is 0.269. The number of allylic oxidation sites excluding steroid dienone is 1. The first-order valence-corrected chi connectivity index (χ1v) is 15.2. The van der Waals surface area contributed by atoms with Crippen LogP contribution in [0.3, 0.4) is 0 Å². The highest BCUT2D eigenvalue weighted by Gasteiger charge is 2.38. The van der Waals surface area contributed by atoms with Gasteiger partial charge in [0.1, 0.15) is 7.14 Å². The van der Waals surface area contributed by atoms with Crippen molar-refractivity contribution in [2.45, 2.75) is 58.4 Å². The summed E-state index contributed by atoms with van der Waals surface area (Å²) in [5.41, 5.74) is -0.0738. The summed E-state index contributed by atoms with van der Waals surface area (Å²) < 4.78 is 20.9. The smallest absolute Gasteiger partial charge is 0.192 e. The van der Waals surface area contributed by atoms with Gasteiger partial charge in [-0.25, -0.2) is 0 Å². The molecule has 1 unspecified atom stereocenters. The van der Waals surface area contributed by atoms with Crippen molar-refractivity contribution in [3.05, 3.63) is 72.8 Å². The fourth-order valence-electron chi connectivity index (χ4n) is 3.22. The molecule has 2 rings (SSSR count). The van der Waals surface area contributed by atoms with Crippen LogP contribution in [0.15, 0.2) is 72.8 Å². The van der Waals surface area contributed by atoms with Gasteiger partial charge < -0.3 is 8.99 Å². The van der Waals surface area contributed by atoms with Gasteiger partial charge >= 0.3 is 0 Å². The summed E-state index contributed by atoms with van der Waals surface area (Å²) in [6, 6.07) is 19.9. The van der Waals surface area contributed by atoms with Gasteiger partial charge in [0.25, 0.3) is 0 Å². The molecule has 0 aliphatic heterocycles. The largest absolute Gasteiger partial charge is 0.413 e. The van der Waals surface area contributed by atoms with Crippen molar-refractivity contribution < 1.29 is 8.99 Å². The van der Waals surface area contributed by atoms with Gasteiger partial charge in [-0.1, -0.05) is 107 Å². The van der Waals surface area contributed by atoms with E-state index < -0.39 is 15.5 Å². The second kappa shape index (κ2) is 9.60. The summed E-state index contributed by atoms with van der Waals surface area (Å²) in [6.07, 6.45) is 4.22. The maximum atomic E-state index is 14.6. The van der Waals surface area contributed by atoms with Crippen LogP contribution in [0, 0.1) is 5.92 Å². The first-order valence-electron chi connectivity index (χ1n) is 10.5. The molecule has 4 heteroatoms. The topological polar surface area (TPSA) is 26.3 Å². The highest BCUT2D eigenvalue weighted by Crippen LogP contribution is 2.52. The van der Waals surface area contributed by atoms with E-state index in [0.717, 1.165) is 10.6 Å². The molecule has 0 radical (unpaired) electrons. The van der Waals surface area contributed by atoms with E-state index in [0.29, 0.717) is 6.61 Å². The van der Waals surface area contributed by atoms with E-state index in [1.807, 2.05) is 60.7 Å². The molecule has 0 N–H and O–H groups in total. The van der Waals surface area contributed by atoms with Gasteiger partial charge in [0.05, 0.1) is 6.61 Å². The molecule has 2 nitrogen and oxygen atoms in total. The average Bonchev–Trinajstić information content (AvgIpc) is 2.67. The first kappa shape index (κ1) is 23.9. The molecule has 0 bridgehead atoms. The van der Waals surface area contributed by atoms with Crippen LogP contribution in [0.1, 0.15) is 34.6 Å². The Morgan fingerprint density at radius 1 is 0.931 bits per heavy atom. The molecule has 2 aromatic rings. The molecule has 0 aliphatic rings. The Kier molecular flexibility index (Phi) is 7.90. The minimum atomic E-state index is -2.83. The van der Waals surface area contributed by atoms with E-state index >= 15 is 0 Å². The fourth-order valence-corrected chi connectivity index (χ4v) is 7.59. The van der Waals surface area contributed by atoms with Crippen LogP contribution in [0.2, 0.25) is 18.1 Å². The predicted molar refractivity (Wildman–Crippen MR) is 131 cm³/mol. The lowest BCUT2D eigenvalue weighted by Crippen LogP contribution is -2.40. The zero-order chi connectivity index (χ0) is 21.7. The van der Waals surface area contributed by atoms with Crippen LogP contribution in [0.5, 0.6) is 0 Å². The third-order valence-electron chi connectivity index (χ3n) is 6.06. The van der Waals surface area contributed by atoms with E-state index in [-0.39, 0.29) is 16.6 Å². The van der Waals surface area contributed by atoms with Gasteiger partial charge in [-0.2, -0.15) is 0 Å². The molecule has 29 heavy (non-hydrogen) atoms. The van der Waals surface area contributed by atoms with Gasteiger partial charge in [0.2, 0.25) is 0 Å². The molecule has 0 fully saturated rings. The van der Waals surface area contributed by atoms with Crippen molar-refractivity contribution in [2.24, 2.45) is 5.92 Å². The Morgan fingerprint density at radius 3 is 1.76 bits per heavy atom. The molecule has 0 saturated carbocycles. The second-order valence-corrected chi connectivity index (χ2v) is 17.3. The molecule has 1 atom stereocenters. The number of hydrogen-bond acceptors (Lipinski definition) is 2. The van der Waals surface area contributed by atoms with E-state index in [9.17, 15) is 4.57 Å². The van der Waals surface area contributed by atoms with Gasteiger partial charge in [-0.3, -0.25) is 0 Å².